The summed E-state index contributed by atoms with van der Waals surface area (Å²) in [4.78, 5) is 38.2. The molecule has 0 saturated carbocycles. The van der Waals surface area contributed by atoms with Crippen LogP contribution in [0.2, 0.25) is 0 Å². The lowest BCUT2D eigenvalue weighted by Gasteiger charge is -2.18. The van der Waals surface area contributed by atoms with Crippen molar-refractivity contribution in [1.29, 1.82) is 0 Å². The highest BCUT2D eigenvalue weighted by molar-refractivity contribution is 6.52. The normalized spacial score (nSPS) is 13.7. The Morgan fingerprint density at radius 2 is 1.76 bits per heavy atom. The van der Waals surface area contributed by atoms with Crippen molar-refractivity contribution in [3.8, 4) is 5.75 Å². The molecule has 3 rings (SSSR count). The summed E-state index contributed by atoms with van der Waals surface area (Å²) in [7, 11) is 1.59. The number of benzene rings is 2. The van der Waals surface area contributed by atoms with Gasteiger partial charge in [0.1, 0.15) is 11.4 Å². The summed E-state index contributed by atoms with van der Waals surface area (Å²) in [5, 5.41) is 0. The zero-order chi connectivity index (χ0) is 21.2. The lowest BCUT2D eigenvalue weighted by molar-refractivity contribution is -0.148. The van der Waals surface area contributed by atoms with Gasteiger partial charge >= 0.3 is 5.97 Å². The minimum absolute atomic E-state index is 0.286. The van der Waals surface area contributed by atoms with Gasteiger partial charge in [-0.25, -0.2) is 4.79 Å². The number of hydrogen-bond acceptors (Lipinski definition) is 5. The summed E-state index contributed by atoms with van der Waals surface area (Å²) in [6.45, 7) is 5.65. The van der Waals surface area contributed by atoms with E-state index in [-0.39, 0.29) is 6.54 Å². The molecule has 0 radical (unpaired) electrons. The van der Waals surface area contributed by atoms with E-state index in [9.17, 15) is 14.4 Å². The highest BCUT2D eigenvalue weighted by Crippen LogP contribution is 2.31. The molecular formula is C23H23NO5. The summed E-state index contributed by atoms with van der Waals surface area (Å²) in [5.74, 6) is -0.869. The average molecular weight is 393 g/mol. The number of rotatable bonds is 5. The summed E-state index contributed by atoms with van der Waals surface area (Å²) in [5.41, 5.74) is 1.83. The highest BCUT2D eigenvalue weighted by Gasteiger charge is 2.35. The van der Waals surface area contributed by atoms with Gasteiger partial charge in [-0.2, -0.15) is 0 Å². The molecule has 0 atom stereocenters. The summed E-state index contributed by atoms with van der Waals surface area (Å²) < 4.78 is 10.4. The Labute approximate surface area is 169 Å². The number of carbonyl (C=O) groups is 3. The number of ketones is 1. The van der Waals surface area contributed by atoms with Crippen LogP contribution >= 0.6 is 0 Å². The van der Waals surface area contributed by atoms with E-state index in [2.05, 4.69) is 0 Å². The monoisotopic (exact) mass is 393 g/mol. The van der Waals surface area contributed by atoms with Crippen molar-refractivity contribution in [3.05, 3.63) is 65.2 Å². The number of amides is 1. The summed E-state index contributed by atoms with van der Waals surface area (Å²) in [6, 6.07) is 12.4. The van der Waals surface area contributed by atoms with Gasteiger partial charge in [0.05, 0.1) is 24.9 Å². The van der Waals surface area contributed by atoms with Crippen LogP contribution in [0.1, 0.15) is 42.3 Å². The SMILES string of the molecule is COc1ccc(CN2C(=O)C(=O)c3cc(/C=C/C(=O)OC(C)(C)C)ccc32)cc1. The van der Waals surface area contributed by atoms with Gasteiger partial charge in [0.25, 0.3) is 11.7 Å². The van der Waals surface area contributed by atoms with Crippen molar-refractivity contribution < 1.29 is 23.9 Å². The molecule has 0 N–H and O–H groups in total. The number of fused-ring (bicyclic) bond motifs is 1. The fourth-order valence-corrected chi connectivity index (χ4v) is 2.99. The Kier molecular flexibility index (Phi) is 5.55. The number of nitrogens with zero attached hydrogens (tertiary/aromatic N) is 1. The van der Waals surface area contributed by atoms with Gasteiger partial charge in [-0.3, -0.25) is 9.59 Å². The van der Waals surface area contributed by atoms with E-state index in [4.69, 9.17) is 9.47 Å². The number of ether oxygens (including phenoxy) is 2. The first-order chi connectivity index (χ1) is 13.7. The van der Waals surface area contributed by atoms with Crippen LogP contribution in [0.3, 0.4) is 0 Å². The Morgan fingerprint density at radius 1 is 1.07 bits per heavy atom. The van der Waals surface area contributed by atoms with Crippen molar-refractivity contribution in [2.75, 3.05) is 12.0 Å². The molecule has 0 fully saturated rings. The minimum atomic E-state index is -0.580. The third-order valence-electron chi connectivity index (χ3n) is 4.31. The number of carbonyl (C=O) groups excluding carboxylic acids is 3. The molecular weight excluding hydrogens is 370 g/mol. The zero-order valence-electron chi connectivity index (χ0n) is 16.9. The van der Waals surface area contributed by atoms with Crippen molar-refractivity contribution in [1.82, 2.24) is 0 Å². The average Bonchev–Trinajstić information content (AvgIpc) is 2.90. The van der Waals surface area contributed by atoms with Crippen LogP contribution in [0.5, 0.6) is 5.75 Å². The maximum absolute atomic E-state index is 12.5. The van der Waals surface area contributed by atoms with E-state index >= 15 is 0 Å². The van der Waals surface area contributed by atoms with Gasteiger partial charge in [-0.1, -0.05) is 18.2 Å². The number of Topliss-reactive ketones (excluding diaryl/α,β-unsaturated/α-hetero) is 1. The van der Waals surface area contributed by atoms with Gasteiger partial charge in [0, 0.05) is 6.08 Å². The summed E-state index contributed by atoms with van der Waals surface area (Å²) in [6.07, 6.45) is 2.88. The fraction of sp³-hybridized carbons (Fsp3) is 0.261. The Bertz CT molecular complexity index is 983. The maximum atomic E-state index is 12.5. The Hall–Kier alpha value is -3.41. The molecule has 2 aromatic rings. The molecule has 0 unspecified atom stereocenters. The molecule has 1 aliphatic rings. The third kappa shape index (κ3) is 4.71. The van der Waals surface area contributed by atoms with Crippen molar-refractivity contribution in [2.24, 2.45) is 0 Å². The van der Waals surface area contributed by atoms with E-state index in [1.165, 1.54) is 11.0 Å². The van der Waals surface area contributed by atoms with E-state index < -0.39 is 23.3 Å². The number of anilines is 1. The largest absolute Gasteiger partial charge is 0.497 e. The van der Waals surface area contributed by atoms with Crippen LogP contribution in [-0.2, 0) is 20.9 Å². The standard InChI is InChI=1S/C23H23NO5/c1-23(2,3)29-20(25)12-8-15-7-11-19-18(13-15)21(26)22(27)24(19)14-16-5-9-17(28-4)10-6-16/h5-13H,14H2,1-4H3/b12-8+. The van der Waals surface area contributed by atoms with Gasteiger partial charge in [0.15, 0.2) is 0 Å². The molecule has 6 nitrogen and oxygen atoms in total. The van der Waals surface area contributed by atoms with E-state index in [1.807, 2.05) is 24.3 Å². The molecule has 2 aromatic carbocycles. The first-order valence-electron chi connectivity index (χ1n) is 9.22. The fourth-order valence-electron chi connectivity index (χ4n) is 2.99. The molecule has 0 spiro atoms. The maximum Gasteiger partial charge on any atom is 0.331 e. The molecule has 29 heavy (non-hydrogen) atoms. The Balaban J connectivity index is 1.80. The van der Waals surface area contributed by atoms with Crippen LogP contribution in [0.4, 0.5) is 5.69 Å². The van der Waals surface area contributed by atoms with Crippen LogP contribution in [0, 0.1) is 0 Å². The van der Waals surface area contributed by atoms with Crippen LogP contribution in [-0.4, -0.2) is 30.4 Å². The van der Waals surface area contributed by atoms with Gasteiger partial charge in [0.2, 0.25) is 0 Å². The quantitative estimate of drug-likeness (QED) is 0.439. The number of hydrogen-bond donors (Lipinski definition) is 0. The number of methoxy groups -OCH3 is 1. The minimum Gasteiger partial charge on any atom is -0.497 e. The van der Waals surface area contributed by atoms with Crippen molar-refractivity contribution >= 4 is 29.4 Å². The molecule has 6 heteroatoms. The second kappa shape index (κ2) is 7.91. The second-order valence-electron chi connectivity index (χ2n) is 7.71. The van der Waals surface area contributed by atoms with Gasteiger partial charge < -0.3 is 14.4 Å². The lowest BCUT2D eigenvalue weighted by atomic mass is 10.1. The van der Waals surface area contributed by atoms with E-state index in [0.717, 1.165) is 11.3 Å². The second-order valence-corrected chi connectivity index (χ2v) is 7.71. The molecule has 1 aliphatic heterocycles. The molecule has 0 bridgehead atoms. The first kappa shape index (κ1) is 20.3. The van der Waals surface area contributed by atoms with Crippen LogP contribution in [0.25, 0.3) is 6.08 Å². The highest BCUT2D eigenvalue weighted by atomic mass is 16.6. The summed E-state index contributed by atoms with van der Waals surface area (Å²) >= 11 is 0. The first-order valence-corrected chi connectivity index (χ1v) is 9.22. The van der Waals surface area contributed by atoms with Crippen LogP contribution < -0.4 is 9.64 Å². The van der Waals surface area contributed by atoms with E-state index in [0.29, 0.717) is 16.8 Å². The molecule has 0 saturated heterocycles. The lowest BCUT2D eigenvalue weighted by Crippen LogP contribution is -2.29. The topological polar surface area (TPSA) is 72.9 Å². The van der Waals surface area contributed by atoms with E-state index in [1.54, 1.807) is 52.2 Å². The van der Waals surface area contributed by atoms with Gasteiger partial charge in [-0.15, -0.1) is 0 Å². The van der Waals surface area contributed by atoms with Crippen molar-refractivity contribution in [2.45, 2.75) is 32.9 Å². The predicted molar refractivity (Wildman–Crippen MR) is 110 cm³/mol. The Morgan fingerprint density at radius 3 is 2.38 bits per heavy atom. The molecule has 0 aromatic heterocycles. The third-order valence-corrected chi connectivity index (χ3v) is 4.31. The molecule has 0 aliphatic carbocycles. The van der Waals surface area contributed by atoms with Crippen molar-refractivity contribution in [3.63, 3.8) is 0 Å². The number of esters is 1. The molecule has 1 heterocycles. The zero-order valence-corrected chi connectivity index (χ0v) is 16.9. The van der Waals surface area contributed by atoms with Crippen LogP contribution in [0.15, 0.2) is 48.5 Å². The predicted octanol–water partition coefficient (Wildman–Crippen LogP) is 3.78. The van der Waals surface area contributed by atoms with Gasteiger partial charge in [-0.05, 0) is 62.2 Å². The smallest absolute Gasteiger partial charge is 0.331 e. The molecule has 1 amide bonds. The molecule has 150 valence electrons.